The molecule has 5 aromatic rings. The van der Waals surface area contributed by atoms with Crippen LogP contribution in [0.3, 0.4) is 0 Å². The summed E-state index contributed by atoms with van der Waals surface area (Å²) in [5, 5.41) is 19.8. The van der Waals surface area contributed by atoms with Crippen LogP contribution in [-0.2, 0) is 46.6 Å². The van der Waals surface area contributed by atoms with Crippen LogP contribution in [0, 0.1) is 25.7 Å². The molecule has 2 aromatic heterocycles. The number of benzene rings is 3. The van der Waals surface area contributed by atoms with E-state index in [4.69, 9.17) is 37.0 Å². The van der Waals surface area contributed by atoms with Crippen molar-refractivity contribution in [1.29, 1.82) is 0 Å². The number of ether oxygens (including phenoxy) is 1. The van der Waals surface area contributed by atoms with Gasteiger partial charge in [-0.2, -0.15) is 0 Å². The summed E-state index contributed by atoms with van der Waals surface area (Å²) in [5.41, 5.74) is 9.56. The molecule has 2 aliphatic rings. The van der Waals surface area contributed by atoms with Crippen molar-refractivity contribution in [2.45, 2.75) is 187 Å². The number of carbonyl (C=O) groups excluding carboxylic acids is 2. The van der Waals surface area contributed by atoms with E-state index in [1.807, 2.05) is 68.4 Å². The van der Waals surface area contributed by atoms with Crippen LogP contribution in [0.15, 0.2) is 75.8 Å². The molecule has 1 N–H and O–H groups in total. The van der Waals surface area contributed by atoms with Gasteiger partial charge in [-0.1, -0.05) is 129 Å². The number of ketones is 2. The molecule has 8 nitrogen and oxygen atoms in total. The molecule has 7 rings (SSSR count). The number of aryl methyl sites for hydroxylation is 2. The molecule has 2 aliphatic carbocycles. The molecule has 0 amide bonds. The third-order valence-corrected chi connectivity index (χ3v) is 14.9. The fraction of sp³-hybridized carbons (Fsp3) is 0.559. The number of Topliss-reactive ketones (excluding diaryl/α,β-unsaturated/α-hetero) is 2. The van der Waals surface area contributed by atoms with Crippen molar-refractivity contribution in [1.82, 2.24) is 10.3 Å². The Morgan fingerprint density at radius 3 is 1.61 bits per heavy atom. The average molecular weight is 982 g/mol. The fourth-order valence-corrected chi connectivity index (χ4v) is 10.9. The number of aliphatic hydroxyl groups excluding tert-OH is 1. The highest BCUT2D eigenvalue weighted by atomic mass is 35.5. The van der Waals surface area contributed by atoms with E-state index in [2.05, 4.69) is 50.1 Å². The molecule has 2 heterocycles. The van der Waals surface area contributed by atoms with Crippen molar-refractivity contribution in [3.05, 3.63) is 139 Å². The molecular weight excluding hydrogens is 904 g/mol. The number of hydrogen-bond acceptors (Lipinski definition) is 8. The SMILES string of the molecule is Cc1ccc(CC(=O)C[C@H](CCCO)c2noc3c2CCCC3CCC(C)C)c(Cl)c1.Cc1ccc(CC(=O)C[C@H](CCCOCc2ccccc2)c2noc3c2CCCC3CCC(C)C)c(Cl)c1. The maximum atomic E-state index is 13.3. The third-order valence-electron chi connectivity index (χ3n) is 14.2. The molecule has 0 saturated carbocycles. The van der Waals surface area contributed by atoms with E-state index in [9.17, 15) is 14.7 Å². The van der Waals surface area contributed by atoms with E-state index in [0.717, 1.165) is 116 Å². The summed E-state index contributed by atoms with van der Waals surface area (Å²) >= 11 is 12.8. The van der Waals surface area contributed by atoms with E-state index in [1.165, 1.54) is 29.5 Å². The normalized spacial score (nSPS) is 16.4. The van der Waals surface area contributed by atoms with Crippen LogP contribution in [0.4, 0.5) is 0 Å². The standard InChI is InChI=1S/C33H42ClNO3.C26H36ClNO3/c1-23(2)14-16-26-11-7-13-30-32(35-38-33(26)30)28(12-8-18-37-22-25-9-5-4-6-10-25)21-29(36)20-27-17-15-24(3)19-31(27)34;1-17(2)9-11-19-6-4-8-23-25(28-31-26(19)23)21(7-5-13-29)16-22(30)15-20-12-10-18(3)14-24(20)27/h4-6,9-10,15,17,19,23,26,28H,7-8,11-14,16,18,20-22H2,1-3H3;10,12,14,17,19,21,29H,4-9,11,13,15-16H2,1-3H3/t26?,28-;19?,21-/m00/s1. The first-order valence-corrected chi connectivity index (χ1v) is 26.8. The second-order valence-corrected chi connectivity index (χ2v) is 21.7. The Hall–Kier alpha value is -4.08. The number of halogens is 2. The number of nitrogens with zero attached hydrogens (tertiary/aromatic N) is 2. The first-order chi connectivity index (χ1) is 33.3. The highest BCUT2D eigenvalue weighted by Crippen LogP contribution is 2.42. The second kappa shape index (κ2) is 27.5. The fourth-order valence-electron chi connectivity index (χ4n) is 10.3. The number of aliphatic hydroxyl groups is 1. The largest absolute Gasteiger partial charge is 0.396 e. The first kappa shape index (κ1) is 54.3. The van der Waals surface area contributed by atoms with Gasteiger partial charge in [-0.15, -0.1) is 0 Å². The number of rotatable bonds is 25. The number of fused-ring (bicyclic) bond motifs is 2. The van der Waals surface area contributed by atoms with Crippen LogP contribution in [0.1, 0.15) is 203 Å². The molecule has 3 aromatic carbocycles. The highest BCUT2D eigenvalue weighted by Gasteiger charge is 2.33. The summed E-state index contributed by atoms with van der Waals surface area (Å²) < 4.78 is 17.8. The highest BCUT2D eigenvalue weighted by molar-refractivity contribution is 6.32. The maximum absolute atomic E-state index is 13.3. The lowest BCUT2D eigenvalue weighted by atomic mass is 9.80. The lowest BCUT2D eigenvalue weighted by Gasteiger charge is -2.22. The van der Waals surface area contributed by atoms with Gasteiger partial charge in [0, 0.05) is 83.7 Å². The predicted molar refractivity (Wildman–Crippen MR) is 279 cm³/mol. The molecular formula is C59H78Cl2N2O6. The minimum absolute atomic E-state index is 0.0137. The molecule has 0 fully saturated rings. The van der Waals surface area contributed by atoms with Gasteiger partial charge in [0.25, 0.3) is 0 Å². The Balaban J connectivity index is 0.000000232. The molecule has 10 heteroatoms. The van der Waals surface area contributed by atoms with Crippen LogP contribution >= 0.6 is 23.2 Å². The Bertz CT molecular complexity index is 2370. The quantitative estimate of drug-likeness (QED) is 0.0575. The zero-order valence-corrected chi connectivity index (χ0v) is 43.8. The lowest BCUT2D eigenvalue weighted by molar-refractivity contribution is -0.119. The maximum Gasteiger partial charge on any atom is 0.143 e. The molecule has 69 heavy (non-hydrogen) atoms. The topological polar surface area (TPSA) is 116 Å². The van der Waals surface area contributed by atoms with Crippen molar-refractivity contribution < 1.29 is 28.5 Å². The van der Waals surface area contributed by atoms with E-state index < -0.39 is 0 Å². The van der Waals surface area contributed by atoms with Gasteiger partial charge in [0.15, 0.2) is 0 Å². The number of hydrogen-bond donors (Lipinski definition) is 1. The van der Waals surface area contributed by atoms with Crippen LogP contribution in [0.25, 0.3) is 0 Å². The van der Waals surface area contributed by atoms with E-state index in [-0.39, 0.29) is 30.0 Å². The van der Waals surface area contributed by atoms with E-state index in [0.29, 0.717) is 79.0 Å². The summed E-state index contributed by atoms with van der Waals surface area (Å²) in [6, 6.07) is 22.0. The molecule has 2 unspecified atom stereocenters. The molecule has 0 radical (unpaired) electrons. The second-order valence-electron chi connectivity index (χ2n) is 20.9. The van der Waals surface area contributed by atoms with Gasteiger partial charge < -0.3 is 18.9 Å². The minimum Gasteiger partial charge on any atom is -0.396 e. The van der Waals surface area contributed by atoms with Gasteiger partial charge in [-0.25, -0.2) is 0 Å². The molecule has 0 spiro atoms. The lowest BCUT2D eigenvalue weighted by Crippen LogP contribution is -2.15. The Labute approximate surface area is 422 Å². The van der Waals surface area contributed by atoms with Crippen LogP contribution in [-0.4, -0.2) is 40.2 Å². The van der Waals surface area contributed by atoms with Gasteiger partial charge in [-0.3, -0.25) is 9.59 Å². The number of aromatic nitrogens is 2. The summed E-state index contributed by atoms with van der Waals surface area (Å²) in [4.78, 5) is 26.2. The summed E-state index contributed by atoms with van der Waals surface area (Å²) in [7, 11) is 0. The Morgan fingerprint density at radius 2 is 1.16 bits per heavy atom. The van der Waals surface area contributed by atoms with E-state index in [1.54, 1.807) is 0 Å². The first-order valence-electron chi connectivity index (χ1n) is 26.0. The molecule has 0 bridgehead atoms. The predicted octanol–water partition coefficient (Wildman–Crippen LogP) is 15.3. The van der Waals surface area contributed by atoms with Crippen molar-refractivity contribution in [2.75, 3.05) is 13.2 Å². The van der Waals surface area contributed by atoms with Gasteiger partial charge >= 0.3 is 0 Å². The van der Waals surface area contributed by atoms with Gasteiger partial charge in [0.2, 0.25) is 0 Å². The van der Waals surface area contributed by atoms with Crippen molar-refractivity contribution in [3.63, 3.8) is 0 Å². The van der Waals surface area contributed by atoms with Gasteiger partial charge in [-0.05, 0) is 143 Å². The van der Waals surface area contributed by atoms with E-state index >= 15 is 0 Å². The third kappa shape index (κ3) is 16.5. The van der Waals surface area contributed by atoms with Crippen LogP contribution < -0.4 is 0 Å². The van der Waals surface area contributed by atoms with Crippen molar-refractivity contribution >= 4 is 34.8 Å². The van der Waals surface area contributed by atoms with Crippen molar-refractivity contribution in [3.8, 4) is 0 Å². The smallest absolute Gasteiger partial charge is 0.143 e. The van der Waals surface area contributed by atoms with Crippen LogP contribution in [0.2, 0.25) is 10.0 Å². The zero-order valence-electron chi connectivity index (χ0n) is 42.3. The van der Waals surface area contributed by atoms with Crippen LogP contribution in [0.5, 0.6) is 0 Å². The number of carbonyl (C=O) groups is 2. The average Bonchev–Trinajstić information content (AvgIpc) is 3.97. The monoisotopic (exact) mass is 981 g/mol. The Kier molecular flexibility index (Phi) is 21.6. The summed E-state index contributed by atoms with van der Waals surface area (Å²) in [6.45, 7) is 14.4. The van der Waals surface area contributed by atoms with Gasteiger partial charge in [0.1, 0.15) is 23.1 Å². The van der Waals surface area contributed by atoms with Gasteiger partial charge in [0.05, 0.1) is 18.0 Å². The zero-order chi connectivity index (χ0) is 49.3. The molecule has 4 atom stereocenters. The molecule has 0 saturated heterocycles. The van der Waals surface area contributed by atoms with Crippen molar-refractivity contribution in [2.24, 2.45) is 11.8 Å². The molecule has 374 valence electrons. The minimum atomic E-state index is -0.0137. The molecule has 0 aliphatic heterocycles. The Morgan fingerprint density at radius 1 is 0.681 bits per heavy atom. The summed E-state index contributed by atoms with van der Waals surface area (Å²) in [5.74, 6) is 4.72. The summed E-state index contributed by atoms with van der Waals surface area (Å²) in [6.07, 6.45) is 15.8.